The van der Waals surface area contributed by atoms with Gasteiger partial charge in [0.25, 0.3) is 0 Å². The Hall–Kier alpha value is -2.13. The van der Waals surface area contributed by atoms with Gasteiger partial charge in [0.15, 0.2) is 5.78 Å². The summed E-state index contributed by atoms with van der Waals surface area (Å²) in [5.74, 6) is 0.986. The van der Waals surface area contributed by atoms with Crippen molar-refractivity contribution in [2.45, 2.75) is 13.5 Å². The van der Waals surface area contributed by atoms with Gasteiger partial charge in [0, 0.05) is 17.7 Å². The fraction of sp³-hybridized carbons (Fsp3) is 0.278. The number of hydrogen-bond acceptors (Lipinski definition) is 3. The third kappa shape index (κ3) is 4.17. The third-order valence-corrected chi connectivity index (χ3v) is 3.42. The number of likely N-dealkylation sites (N-methyl/N-ethyl adjacent to an activating group) is 1. The van der Waals surface area contributed by atoms with Crippen molar-refractivity contribution >= 4 is 5.78 Å². The van der Waals surface area contributed by atoms with Crippen molar-refractivity contribution in [2.75, 3.05) is 20.7 Å². The second kappa shape index (κ2) is 7.04. The van der Waals surface area contributed by atoms with E-state index in [4.69, 9.17) is 4.74 Å². The van der Waals surface area contributed by atoms with Gasteiger partial charge in [-0.2, -0.15) is 0 Å². The molecule has 0 aliphatic carbocycles. The van der Waals surface area contributed by atoms with Gasteiger partial charge in [-0.3, -0.25) is 9.69 Å². The number of rotatable bonds is 6. The van der Waals surface area contributed by atoms with Crippen LogP contribution in [0.5, 0.6) is 5.75 Å². The van der Waals surface area contributed by atoms with Gasteiger partial charge in [-0.25, -0.2) is 0 Å². The monoisotopic (exact) mass is 283 g/mol. The summed E-state index contributed by atoms with van der Waals surface area (Å²) in [6, 6.07) is 15.6. The number of methoxy groups -OCH3 is 1. The zero-order chi connectivity index (χ0) is 15.2. The van der Waals surface area contributed by atoms with Gasteiger partial charge in [0.2, 0.25) is 0 Å². The topological polar surface area (TPSA) is 29.5 Å². The Morgan fingerprint density at radius 2 is 1.76 bits per heavy atom. The average molecular weight is 283 g/mol. The van der Waals surface area contributed by atoms with Gasteiger partial charge in [0.05, 0.1) is 13.7 Å². The first-order valence-corrected chi connectivity index (χ1v) is 7.00. The standard InChI is InChI=1S/C18H21NO2/c1-14-8-10-15(11-9-14)17(20)13-19(2)12-16-6-4-5-7-18(16)21-3/h4-11H,12-13H2,1-3H3. The number of carbonyl (C=O) groups excluding carboxylic acids is 1. The minimum atomic E-state index is 0.132. The van der Waals surface area contributed by atoms with Crippen molar-refractivity contribution in [1.29, 1.82) is 0 Å². The molecule has 110 valence electrons. The van der Waals surface area contributed by atoms with Crippen LogP contribution in [0.2, 0.25) is 0 Å². The summed E-state index contributed by atoms with van der Waals surface area (Å²) in [5, 5.41) is 0. The van der Waals surface area contributed by atoms with Gasteiger partial charge in [-0.05, 0) is 20.0 Å². The highest BCUT2D eigenvalue weighted by Crippen LogP contribution is 2.18. The van der Waals surface area contributed by atoms with Crippen LogP contribution in [0.4, 0.5) is 0 Å². The van der Waals surface area contributed by atoms with E-state index < -0.39 is 0 Å². The summed E-state index contributed by atoms with van der Waals surface area (Å²) in [4.78, 5) is 14.2. The van der Waals surface area contributed by atoms with E-state index in [1.807, 2.05) is 67.4 Å². The number of hydrogen-bond donors (Lipinski definition) is 0. The summed E-state index contributed by atoms with van der Waals surface area (Å²) in [7, 11) is 3.61. The van der Waals surface area contributed by atoms with Crippen LogP contribution >= 0.6 is 0 Å². The van der Waals surface area contributed by atoms with Crippen molar-refractivity contribution in [3.63, 3.8) is 0 Å². The number of nitrogens with zero attached hydrogens (tertiary/aromatic N) is 1. The molecule has 0 aromatic heterocycles. The molecular weight excluding hydrogens is 262 g/mol. The molecule has 0 aliphatic rings. The largest absolute Gasteiger partial charge is 0.496 e. The number of para-hydroxylation sites is 1. The highest BCUT2D eigenvalue weighted by atomic mass is 16.5. The van der Waals surface area contributed by atoms with Crippen LogP contribution in [0.15, 0.2) is 48.5 Å². The van der Waals surface area contributed by atoms with Gasteiger partial charge in [-0.15, -0.1) is 0 Å². The smallest absolute Gasteiger partial charge is 0.176 e. The number of ketones is 1. The predicted octanol–water partition coefficient (Wildman–Crippen LogP) is 3.32. The Morgan fingerprint density at radius 1 is 1.10 bits per heavy atom. The van der Waals surface area contributed by atoms with Gasteiger partial charge in [0.1, 0.15) is 5.75 Å². The van der Waals surface area contributed by atoms with Crippen LogP contribution in [-0.2, 0) is 6.54 Å². The molecule has 0 amide bonds. The second-order valence-corrected chi connectivity index (χ2v) is 5.27. The Labute approximate surface area is 126 Å². The molecule has 2 rings (SSSR count). The first kappa shape index (κ1) is 15.3. The lowest BCUT2D eigenvalue weighted by Gasteiger charge is -2.17. The molecule has 0 radical (unpaired) electrons. The molecule has 0 N–H and O–H groups in total. The summed E-state index contributed by atoms with van der Waals surface area (Å²) in [6.45, 7) is 3.09. The quantitative estimate of drug-likeness (QED) is 0.762. The number of Topliss-reactive ketones (excluding diaryl/α,β-unsaturated/α-hetero) is 1. The summed E-state index contributed by atoms with van der Waals surface area (Å²) >= 11 is 0. The molecule has 0 unspecified atom stereocenters. The lowest BCUT2D eigenvalue weighted by Crippen LogP contribution is -2.25. The zero-order valence-corrected chi connectivity index (χ0v) is 12.8. The van der Waals surface area contributed by atoms with Crippen molar-refractivity contribution in [2.24, 2.45) is 0 Å². The Kier molecular flexibility index (Phi) is 5.12. The van der Waals surface area contributed by atoms with Crippen molar-refractivity contribution in [1.82, 2.24) is 4.90 Å². The summed E-state index contributed by atoms with van der Waals surface area (Å²) < 4.78 is 5.34. The van der Waals surface area contributed by atoms with E-state index in [-0.39, 0.29) is 5.78 Å². The lowest BCUT2D eigenvalue weighted by molar-refractivity contribution is 0.0942. The molecule has 0 spiro atoms. The van der Waals surface area contributed by atoms with E-state index in [0.29, 0.717) is 13.1 Å². The van der Waals surface area contributed by atoms with E-state index >= 15 is 0 Å². The van der Waals surface area contributed by atoms with E-state index in [9.17, 15) is 4.79 Å². The maximum Gasteiger partial charge on any atom is 0.176 e. The van der Waals surface area contributed by atoms with E-state index in [1.54, 1.807) is 7.11 Å². The number of benzene rings is 2. The maximum atomic E-state index is 12.2. The molecule has 0 bridgehead atoms. The van der Waals surface area contributed by atoms with Gasteiger partial charge in [-0.1, -0.05) is 48.0 Å². The fourth-order valence-corrected chi connectivity index (χ4v) is 2.26. The SMILES string of the molecule is COc1ccccc1CN(C)CC(=O)c1ccc(C)cc1. The molecule has 21 heavy (non-hydrogen) atoms. The van der Waals surface area contributed by atoms with E-state index in [2.05, 4.69) is 0 Å². The molecule has 2 aromatic carbocycles. The fourth-order valence-electron chi connectivity index (χ4n) is 2.26. The first-order valence-electron chi connectivity index (χ1n) is 7.00. The Balaban J connectivity index is 1.99. The highest BCUT2D eigenvalue weighted by molar-refractivity contribution is 5.97. The number of aryl methyl sites for hydroxylation is 1. The lowest BCUT2D eigenvalue weighted by atomic mass is 10.1. The Bertz CT molecular complexity index is 605. The van der Waals surface area contributed by atoms with Crippen molar-refractivity contribution in [3.8, 4) is 5.75 Å². The molecule has 0 aliphatic heterocycles. The minimum Gasteiger partial charge on any atom is -0.496 e. The highest BCUT2D eigenvalue weighted by Gasteiger charge is 2.11. The molecule has 3 heteroatoms. The second-order valence-electron chi connectivity index (χ2n) is 5.27. The van der Waals surface area contributed by atoms with Crippen LogP contribution < -0.4 is 4.74 Å². The first-order chi connectivity index (χ1) is 10.1. The molecule has 3 nitrogen and oxygen atoms in total. The third-order valence-electron chi connectivity index (χ3n) is 3.42. The van der Waals surface area contributed by atoms with Crippen LogP contribution in [0, 0.1) is 6.92 Å². The number of ether oxygens (including phenoxy) is 1. The molecule has 0 saturated heterocycles. The zero-order valence-electron chi connectivity index (χ0n) is 12.8. The van der Waals surface area contributed by atoms with Gasteiger partial charge >= 0.3 is 0 Å². The summed E-state index contributed by atoms with van der Waals surface area (Å²) in [6.07, 6.45) is 0. The van der Waals surface area contributed by atoms with E-state index in [0.717, 1.165) is 22.4 Å². The Morgan fingerprint density at radius 3 is 2.43 bits per heavy atom. The van der Waals surface area contributed by atoms with Crippen molar-refractivity contribution in [3.05, 3.63) is 65.2 Å². The molecule has 0 heterocycles. The average Bonchev–Trinajstić information content (AvgIpc) is 2.48. The van der Waals surface area contributed by atoms with Crippen LogP contribution in [-0.4, -0.2) is 31.4 Å². The van der Waals surface area contributed by atoms with E-state index in [1.165, 1.54) is 0 Å². The molecule has 0 atom stereocenters. The predicted molar refractivity (Wildman–Crippen MR) is 84.8 cm³/mol. The van der Waals surface area contributed by atoms with Crippen molar-refractivity contribution < 1.29 is 9.53 Å². The molecule has 0 saturated carbocycles. The van der Waals surface area contributed by atoms with Gasteiger partial charge < -0.3 is 4.74 Å². The van der Waals surface area contributed by atoms with Crippen LogP contribution in [0.1, 0.15) is 21.5 Å². The maximum absolute atomic E-state index is 12.2. The van der Waals surface area contributed by atoms with Crippen LogP contribution in [0.3, 0.4) is 0 Å². The molecular formula is C18H21NO2. The van der Waals surface area contributed by atoms with Crippen LogP contribution in [0.25, 0.3) is 0 Å². The summed E-state index contributed by atoms with van der Waals surface area (Å²) in [5.41, 5.74) is 3.00. The normalized spacial score (nSPS) is 10.7. The molecule has 2 aromatic rings. The minimum absolute atomic E-state index is 0.132. The molecule has 0 fully saturated rings. The number of carbonyl (C=O) groups is 1.